The standard InChI is InChI=1S/C16H28N2O2/c19-16(8-7-15-4-2-10-20-15)18(14-5-6-14)12-13-3-1-9-17-11-13/h13-15,17H,1-12H2. The topological polar surface area (TPSA) is 41.6 Å². The summed E-state index contributed by atoms with van der Waals surface area (Å²) in [6.07, 6.45) is 9.21. The molecule has 2 aliphatic heterocycles. The highest BCUT2D eigenvalue weighted by molar-refractivity contribution is 5.76. The monoisotopic (exact) mass is 280 g/mol. The Labute approximate surface area is 122 Å². The van der Waals surface area contributed by atoms with Crippen LogP contribution in [0.15, 0.2) is 0 Å². The van der Waals surface area contributed by atoms with Crippen LogP contribution in [0.5, 0.6) is 0 Å². The summed E-state index contributed by atoms with van der Waals surface area (Å²) in [5.41, 5.74) is 0. The van der Waals surface area contributed by atoms with Gasteiger partial charge in [0.2, 0.25) is 5.91 Å². The molecule has 0 aromatic carbocycles. The number of hydrogen-bond donors (Lipinski definition) is 1. The molecule has 20 heavy (non-hydrogen) atoms. The van der Waals surface area contributed by atoms with Crippen molar-refractivity contribution in [3.05, 3.63) is 0 Å². The fraction of sp³-hybridized carbons (Fsp3) is 0.938. The zero-order valence-electron chi connectivity index (χ0n) is 12.5. The minimum Gasteiger partial charge on any atom is -0.378 e. The van der Waals surface area contributed by atoms with Gasteiger partial charge in [-0.3, -0.25) is 4.79 Å². The Morgan fingerprint density at radius 3 is 2.75 bits per heavy atom. The summed E-state index contributed by atoms with van der Waals surface area (Å²) in [5.74, 6) is 1.03. The number of rotatable bonds is 6. The average molecular weight is 280 g/mol. The van der Waals surface area contributed by atoms with Crippen LogP contribution in [-0.4, -0.2) is 49.2 Å². The van der Waals surface area contributed by atoms with E-state index in [4.69, 9.17) is 4.74 Å². The summed E-state index contributed by atoms with van der Waals surface area (Å²) in [4.78, 5) is 14.7. The highest BCUT2D eigenvalue weighted by Crippen LogP contribution is 2.30. The number of hydrogen-bond acceptors (Lipinski definition) is 3. The van der Waals surface area contributed by atoms with Crippen LogP contribution >= 0.6 is 0 Å². The number of amides is 1. The van der Waals surface area contributed by atoms with Gasteiger partial charge in [0, 0.05) is 25.6 Å². The van der Waals surface area contributed by atoms with E-state index in [1.165, 1.54) is 32.1 Å². The van der Waals surface area contributed by atoms with Crippen LogP contribution in [0, 0.1) is 5.92 Å². The van der Waals surface area contributed by atoms with E-state index in [1.54, 1.807) is 0 Å². The molecule has 114 valence electrons. The van der Waals surface area contributed by atoms with Crippen molar-refractivity contribution in [1.29, 1.82) is 0 Å². The number of carbonyl (C=O) groups is 1. The van der Waals surface area contributed by atoms with E-state index in [2.05, 4.69) is 10.2 Å². The highest BCUT2D eigenvalue weighted by atomic mass is 16.5. The van der Waals surface area contributed by atoms with Crippen LogP contribution in [0.4, 0.5) is 0 Å². The van der Waals surface area contributed by atoms with Gasteiger partial charge in [0.15, 0.2) is 0 Å². The van der Waals surface area contributed by atoms with E-state index in [1.807, 2.05) is 0 Å². The minimum atomic E-state index is 0.344. The van der Waals surface area contributed by atoms with Gasteiger partial charge in [-0.2, -0.15) is 0 Å². The van der Waals surface area contributed by atoms with Crippen LogP contribution in [0.3, 0.4) is 0 Å². The van der Waals surface area contributed by atoms with Crippen molar-refractivity contribution in [2.45, 2.75) is 63.5 Å². The van der Waals surface area contributed by atoms with Crippen molar-refractivity contribution in [3.63, 3.8) is 0 Å². The molecule has 1 saturated carbocycles. The maximum atomic E-state index is 12.5. The summed E-state index contributed by atoms with van der Waals surface area (Å²) in [6, 6.07) is 0.550. The average Bonchev–Trinajstić information content (AvgIpc) is 3.19. The maximum absolute atomic E-state index is 12.5. The molecule has 0 radical (unpaired) electrons. The molecule has 3 fully saturated rings. The lowest BCUT2D eigenvalue weighted by molar-refractivity contribution is -0.133. The molecule has 2 unspecified atom stereocenters. The zero-order valence-corrected chi connectivity index (χ0v) is 12.5. The third-order valence-corrected chi connectivity index (χ3v) is 4.87. The third-order valence-electron chi connectivity index (χ3n) is 4.87. The quantitative estimate of drug-likeness (QED) is 0.808. The number of nitrogens with zero attached hydrogens (tertiary/aromatic N) is 1. The molecule has 0 bridgehead atoms. The number of piperidine rings is 1. The Bertz CT molecular complexity index is 318. The minimum absolute atomic E-state index is 0.344. The first-order valence-corrected chi connectivity index (χ1v) is 8.44. The number of ether oxygens (including phenoxy) is 1. The van der Waals surface area contributed by atoms with Gasteiger partial charge >= 0.3 is 0 Å². The highest BCUT2D eigenvalue weighted by Gasteiger charge is 2.34. The summed E-state index contributed by atoms with van der Waals surface area (Å²) >= 11 is 0. The van der Waals surface area contributed by atoms with Gasteiger partial charge < -0.3 is 15.0 Å². The molecule has 2 saturated heterocycles. The van der Waals surface area contributed by atoms with Gasteiger partial charge in [-0.05, 0) is 64.0 Å². The van der Waals surface area contributed by atoms with Crippen LogP contribution in [0.25, 0.3) is 0 Å². The summed E-state index contributed by atoms with van der Waals surface area (Å²) < 4.78 is 5.63. The first kappa shape index (κ1) is 14.3. The van der Waals surface area contributed by atoms with Gasteiger partial charge in [-0.1, -0.05) is 0 Å². The van der Waals surface area contributed by atoms with Crippen LogP contribution < -0.4 is 5.32 Å². The predicted octanol–water partition coefficient (Wildman–Crippen LogP) is 1.94. The molecule has 0 aromatic rings. The molecule has 3 rings (SSSR count). The molecule has 2 atom stereocenters. The first-order valence-electron chi connectivity index (χ1n) is 8.44. The smallest absolute Gasteiger partial charge is 0.222 e. The van der Waals surface area contributed by atoms with E-state index in [9.17, 15) is 4.79 Å². The van der Waals surface area contributed by atoms with E-state index < -0.39 is 0 Å². The van der Waals surface area contributed by atoms with Crippen molar-refractivity contribution < 1.29 is 9.53 Å². The Morgan fingerprint density at radius 2 is 2.10 bits per heavy atom. The normalized spacial score (nSPS) is 30.4. The summed E-state index contributed by atoms with van der Waals surface area (Å²) in [5, 5.41) is 3.46. The third kappa shape index (κ3) is 3.95. The van der Waals surface area contributed by atoms with Gasteiger partial charge in [0.1, 0.15) is 0 Å². The molecule has 1 aliphatic carbocycles. The molecular formula is C16H28N2O2. The van der Waals surface area contributed by atoms with Crippen LogP contribution in [0.1, 0.15) is 51.4 Å². The van der Waals surface area contributed by atoms with Crippen molar-refractivity contribution in [2.75, 3.05) is 26.2 Å². The lowest BCUT2D eigenvalue weighted by atomic mass is 9.98. The van der Waals surface area contributed by atoms with Crippen LogP contribution in [-0.2, 0) is 9.53 Å². The van der Waals surface area contributed by atoms with E-state index in [0.717, 1.165) is 39.1 Å². The van der Waals surface area contributed by atoms with Crippen molar-refractivity contribution in [1.82, 2.24) is 10.2 Å². The first-order chi connectivity index (χ1) is 9.83. The molecule has 4 nitrogen and oxygen atoms in total. The largest absolute Gasteiger partial charge is 0.378 e. The SMILES string of the molecule is O=C(CCC1CCCO1)N(CC1CCCNC1)C1CC1. The predicted molar refractivity (Wildman–Crippen MR) is 78.5 cm³/mol. The van der Waals surface area contributed by atoms with E-state index >= 15 is 0 Å². The Morgan fingerprint density at radius 1 is 1.20 bits per heavy atom. The Kier molecular flexibility index (Phi) is 4.94. The van der Waals surface area contributed by atoms with Crippen LogP contribution in [0.2, 0.25) is 0 Å². The fourth-order valence-electron chi connectivity index (χ4n) is 3.50. The summed E-state index contributed by atoms with van der Waals surface area (Å²) in [7, 11) is 0. The Balaban J connectivity index is 1.46. The second-order valence-corrected chi connectivity index (χ2v) is 6.66. The number of nitrogens with one attached hydrogen (secondary N) is 1. The van der Waals surface area contributed by atoms with Crippen molar-refractivity contribution >= 4 is 5.91 Å². The second kappa shape index (κ2) is 6.90. The number of carbonyl (C=O) groups excluding carboxylic acids is 1. The fourth-order valence-corrected chi connectivity index (χ4v) is 3.50. The molecule has 1 amide bonds. The molecule has 1 N–H and O–H groups in total. The molecule has 0 aromatic heterocycles. The van der Waals surface area contributed by atoms with Gasteiger partial charge in [-0.25, -0.2) is 0 Å². The van der Waals surface area contributed by atoms with Crippen molar-refractivity contribution in [3.8, 4) is 0 Å². The zero-order chi connectivity index (χ0) is 13.8. The molecule has 3 aliphatic rings. The molecule has 2 heterocycles. The van der Waals surface area contributed by atoms with E-state index in [-0.39, 0.29) is 0 Å². The maximum Gasteiger partial charge on any atom is 0.222 e. The van der Waals surface area contributed by atoms with Gasteiger partial charge in [-0.15, -0.1) is 0 Å². The molecular weight excluding hydrogens is 252 g/mol. The van der Waals surface area contributed by atoms with E-state index in [0.29, 0.717) is 30.4 Å². The lowest BCUT2D eigenvalue weighted by Gasteiger charge is -2.30. The van der Waals surface area contributed by atoms with Gasteiger partial charge in [0.05, 0.1) is 6.10 Å². The van der Waals surface area contributed by atoms with Crippen molar-refractivity contribution in [2.24, 2.45) is 5.92 Å². The second-order valence-electron chi connectivity index (χ2n) is 6.66. The Hall–Kier alpha value is -0.610. The lowest BCUT2D eigenvalue weighted by Crippen LogP contribution is -2.42. The summed E-state index contributed by atoms with van der Waals surface area (Å²) in [6.45, 7) is 4.09. The van der Waals surface area contributed by atoms with Gasteiger partial charge in [0.25, 0.3) is 0 Å². The molecule has 4 heteroatoms. The molecule has 0 spiro atoms.